The Morgan fingerprint density at radius 1 is 1.25 bits per heavy atom. The second-order valence-electron chi connectivity index (χ2n) is 5.75. The van der Waals surface area contributed by atoms with Crippen LogP contribution in [0.25, 0.3) is 0 Å². The van der Waals surface area contributed by atoms with Crippen molar-refractivity contribution >= 4 is 15.7 Å². The van der Waals surface area contributed by atoms with E-state index in [2.05, 4.69) is 13.8 Å². The van der Waals surface area contributed by atoms with E-state index in [-0.39, 0.29) is 11.2 Å². The average molecular weight is 296 g/mol. The number of para-hydroxylation sites is 1. The minimum Gasteiger partial charge on any atom is -0.398 e. The van der Waals surface area contributed by atoms with Gasteiger partial charge in [0.05, 0.1) is 5.75 Å². The fraction of sp³-hybridized carbons (Fsp3) is 0.600. The molecule has 1 heterocycles. The molecule has 1 fully saturated rings. The van der Waals surface area contributed by atoms with E-state index < -0.39 is 10.0 Å². The quantitative estimate of drug-likeness (QED) is 0.850. The molecule has 0 unspecified atom stereocenters. The first-order valence-electron chi connectivity index (χ1n) is 7.24. The van der Waals surface area contributed by atoms with Crippen LogP contribution in [0.3, 0.4) is 0 Å². The molecule has 0 radical (unpaired) electrons. The predicted octanol–water partition coefficient (Wildman–Crippen LogP) is 2.61. The molecular formula is C15H24N2O2S. The maximum absolute atomic E-state index is 12.5. The molecule has 5 heteroatoms. The fourth-order valence-corrected chi connectivity index (χ4v) is 4.59. The first-order valence-corrected chi connectivity index (χ1v) is 8.84. The van der Waals surface area contributed by atoms with E-state index in [1.165, 1.54) is 0 Å². The average Bonchev–Trinajstić information content (AvgIpc) is 2.87. The third-order valence-corrected chi connectivity index (χ3v) is 6.46. The van der Waals surface area contributed by atoms with Crippen molar-refractivity contribution < 1.29 is 8.42 Å². The van der Waals surface area contributed by atoms with Crippen LogP contribution in [-0.2, 0) is 15.8 Å². The number of benzene rings is 1. The van der Waals surface area contributed by atoms with Crippen LogP contribution >= 0.6 is 0 Å². The first-order chi connectivity index (χ1) is 9.42. The summed E-state index contributed by atoms with van der Waals surface area (Å²) in [5.74, 6) is 0.00316. The lowest BCUT2D eigenvalue weighted by atomic mass is 9.82. The molecule has 1 aliphatic heterocycles. The summed E-state index contributed by atoms with van der Waals surface area (Å²) in [6, 6.07) is 7.18. The SMILES string of the molecule is CCC1(CC)CCN(S(=O)(=O)Cc2ccccc2N)C1. The van der Waals surface area contributed by atoms with Crippen molar-refractivity contribution in [1.29, 1.82) is 0 Å². The van der Waals surface area contributed by atoms with E-state index in [1.54, 1.807) is 16.4 Å². The van der Waals surface area contributed by atoms with E-state index in [0.717, 1.165) is 19.3 Å². The topological polar surface area (TPSA) is 63.4 Å². The zero-order chi connectivity index (χ0) is 14.8. The van der Waals surface area contributed by atoms with Crippen molar-refractivity contribution in [2.75, 3.05) is 18.8 Å². The molecule has 0 saturated carbocycles. The maximum Gasteiger partial charge on any atom is 0.218 e. The standard InChI is InChI=1S/C15H24N2O2S/c1-3-15(4-2)9-10-17(12-15)20(18,19)11-13-7-5-6-8-14(13)16/h5-8H,3-4,9-12,16H2,1-2H3. The molecule has 1 aromatic rings. The Labute approximate surface area is 122 Å². The Balaban J connectivity index is 2.15. The van der Waals surface area contributed by atoms with Crippen LogP contribution in [0.1, 0.15) is 38.7 Å². The Bertz CT molecular complexity index is 565. The van der Waals surface area contributed by atoms with E-state index in [9.17, 15) is 8.42 Å². The lowest BCUT2D eigenvalue weighted by Gasteiger charge is -2.26. The zero-order valence-corrected chi connectivity index (χ0v) is 13.1. The van der Waals surface area contributed by atoms with Gasteiger partial charge >= 0.3 is 0 Å². The number of nitrogens with zero attached hydrogens (tertiary/aromatic N) is 1. The van der Waals surface area contributed by atoms with Crippen LogP contribution in [0.5, 0.6) is 0 Å². The Morgan fingerprint density at radius 3 is 2.45 bits per heavy atom. The maximum atomic E-state index is 12.5. The van der Waals surface area contributed by atoms with Gasteiger partial charge in [0, 0.05) is 18.8 Å². The molecule has 1 saturated heterocycles. The fourth-order valence-electron chi connectivity index (χ4n) is 2.91. The molecule has 1 aliphatic rings. The molecule has 0 aliphatic carbocycles. The smallest absolute Gasteiger partial charge is 0.218 e. The van der Waals surface area contributed by atoms with Gasteiger partial charge in [-0.05, 0) is 36.3 Å². The van der Waals surface area contributed by atoms with E-state index in [1.807, 2.05) is 12.1 Å². The van der Waals surface area contributed by atoms with Crippen LogP contribution in [0, 0.1) is 5.41 Å². The Hall–Kier alpha value is -1.07. The van der Waals surface area contributed by atoms with Gasteiger partial charge in [0.1, 0.15) is 0 Å². The second kappa shape index (κ2) is 5.74. The van der Waals surface area contributed by atoms with Crippen molar-refractivity contribution in [2.24, 2.45) is 5.41 Å². The normalized spacial score (nSPS) is 19.3. The number of hydrogen-bond donors (Lipinski definition) is 1. The van der Waals surface area contributed by atoms with Gasteiger partial charge in [-0.15, -0.1) is 0 Å². The van der Waals surface area contributed by atoms with Crippen LogP contribution in [0.15, 0.2) is 24.3 Å². The molecule has 0 amide bonds. The van der Waals surface area contributed by atoms with Gasteiger partial charge in [0.25, 0.3) is 0 Å². The number of anilines is 1. The van der Waals surface area contributed by atoms with Gasteiger partial charge < -0.3 is 5.73 Å². The highest BCUT2D eigenvalue weighted by Gasteiger charge is 2.39. The summed E-state index contributed by atoms with van der Waals surface area (Å²) in [6.45, 7) is 5.58. The lowest BCUT2D eigenvalue weighted by molar-refractivity contribution is 0.279. The Kier molecular flexibility index (Phi) is 4.39. The molecule has 2 rings (SSSR count). The highest BCUT2D eigenvalue weighted by atomic mass is 32.2. The van der Waals surface area contributed by atoms with Gasteiger partial charge in [0.2, 0.25) is 10.0 Å². The summed E-state index contributed by atoms with van der Waals surface area (Å²) in [5.41, 5.74) is 7.25. The summed E-state index contributed by atoms with van der Waals surface area (Å²) in [5, 5.41) is 0. The predicted molar refractivity (Wildman–Crippen MR) is 82.7 cm³/mol. The van der Waals surface area contributed by atoms with E-state index in [0.29, 0.717) is 24.3 Å². The van der Waals surface area contributed by atoms with Gasteiger partial charge in [-0.3, -0.25) is 0 Å². The van der Waals surface area contributed by atoms with Gasteiger partial charge in [-0.2, -0.15) is 0 Å². The van der Waals surface area contributed by atoms with Crippen LogP contribution in [0.4, 0.5) is 5.69 Å². The Morgan fingerprint density at radius 2 is 1.90 bits per heavy atom. The van der Waals surface area contributed by atoms with Crippen LogP contribution < -0.4 is 5.73 Å². The number of nitrogen functional groups attached to an aromatic ring is 1. The molecular weight excluding hydrogens is 272 g/mol. The van der Waals surface area contributed by atoms with Crippen molar-refractivity contribution in [2.45, 2.75) is 38.9 Å². The summed E-state index contributed by atoms with van der Waals surface area (Å²) in [7, 11) is -3.27. The highest BCUT2D eigenvalue weighted by Crippen LogP contribution is 2.38. The van der Waals surface area contributed by atoms with Gasteiger partial charge in [-0.25, -0.2) is 12.7 Å². The number of sulfonamides is 1. The van der Waals surface area contributed by atoms with Crippen LogP contribution in [0.2, 0.25) is 0 Å². The first kappa shape index (κ1) is 15.3. The highest BCUT2D eigenvalue weighted by molar-refractivity contribution is 7.88. The number of nitrogens with two attached hydrogens (primary N) is 1. The summed E-state index contributed by atoms with van der Waals surface area (Å²) in [6.07, 6.45) is 3.02. The summed E-state index contributed by atoms with van der Waals surface area (Å²) >= 11 is 0. The second-order valence-corrected chi connectivity index (χ2v) is 7.71. The lowest BCUT2D eigenvalue weighted by Crippen LogP contribution is -2.32. The third kappa shape index (κ3) is 2.99. The molecule has 2 N–H and O–H groups in total. The van der Waals surface area contributed by atoms with Crippen molar-refractivity contribution in [3.8, 4) is 0 Å². The van der Waals surface area contributed by atoms with Crippen molar-refractivity contribution in [1.82, 2.24) is 4.31 Å². The molecule has 0 spiro atoms. The summed E-state index contributed by atoms with van der Waals surface area (Å²) in [4.78, 5) is 0. The molecule has 0 atom stereocenters. The zero-order valence-electron chi connectivity index (χ0n) is 12.3. The molecule has 112 valence electrons. The number of rotatable bonds is 5. The van der Waals surface area contributed by atoms with E-state index in [4.69, 9.17) is 5.73 Å². The molecule has 20 heavy (non-hydrogen) atoms. The minimum absolute atomic E-state index is 0.00316. The largest absolute Gasteiger partial charge is 0.398 e. The molecule has 0 aromatic heterocycles. The van der Waals surface area contributed by atoms with E-state index >= 15 is 0 Å². The van der Waals surface area contributed by atoms with Crippen molar-refractivity contribution in [3.05, 3.63) is 29.8 Å². The van der Waals surface area contributed by atoms with Crippen molar-refractivity contribution in [3.63, 3.8) is 0 Å². The minimum atomic E-state index is -3.27. The third-order valence-electron chi connectivity index (χ3n) is 4.69. The van der Waals surface area contributed by atoms with Crippen LogP contribution in [-0.4, -0.2) is 25.8 Å². The van der Waals surface area contributed by atoms with Gasteiger partial charge in [-0.1, -0.05) is 32.0 Å². The summed E-state index contributed by atoms with van der Waals surface area (Å²) < 4.78 is 26.7. The molecule has 4 nitrogen and oxygen atoms in total. The molecule has 1 aromatic carbocycles. The number of hydrogen-bond acceptors (Lipinski definition) is 3. The molecule has 0 bridgehead atoms. The monoisotopic (exact) mass is 296 g/mol. The van der Waals surface area contributed by atoms with Gasteiger partial charge in [0.15, 0.2) is 0 Å².